The lowest BCUT2D eigenvalue weighted by atomic mass is 10.0. The van der Waals surface area contributed by atoms with Gasteiger partial charge in [0.15, 0.2) is 0 Å². The van der Waals surface area contributed by atoms with E-state index >= 15 is 0 Å². The summed E-state index contributed by atoms with van der Waals surface area (Å²) in [4.78, 5) is 23.1. The summed E-state index contributed by atoms with van der Waals surface area (Å²) in [6.45, 7) is 5.12. The van der Waals surface area contributed by atoms with Gasteiger partial charge in [-0.25, -0.2) is 14.7 Å². The first kappa shape index (κ1) is 16.9. The fourth-order valence-corrected chi connectivity index (χ4v) is 1.63. The van der Waals surface area contributed by atoms with Gasteiger partial charge in [0, 0.05) is 0 Å². The molecule has 0 saturated carbocycles. The van der Waals surface area contributed by atoms with Crippen LogP contribution in [0.5, 0.6) is 0 Å². The minimum absolute atomic E-state index is 0.207. The zero-order valence-corrected chi connectivity index (χ0v) is 12.1. The second-order valence-corrected chi connectivity index (χ2v) is 5.49. The van der Waals surface area contributed by atoms with E-state index in [9.17, 15) is 14.0 Å². The molecular weight excluding hydrogens is 279 g/mol. The maximum Gasteiger partial charge on any atom is 0.408 e. The van der Waals surface area contributed by atoms with E-state index in [1.165, 1.54) is 29.7 Å². The molecule has 0 heterocycles. The lowest BCUT2D eigenvalue weighted by molar-refractivity contribution is -0.129. The Morgan fingerprint density at radius 3 is 2.33 bits per heavy atom. The Kier molecular flexibility index (Phi) is 5.66. The average Bonchev–Trinajstić information content (AvgIpc) is 2.36. The van der Waals surface area contributed by atoms with Crippen LogP contribution in [0.2, 0.25) is 0 Å². The van der Waals surface area contributed by atoms with Gasteiger partial charge in [0.2, 0.25) is 5.91 Å². The van der Waals surface area contributed by atoms with Crippen molar-refractivity contribution in [2.75, 3.05) is 0 Å². The van der Waals surface area contributed by atoms with Crippen molar-refractivity contribution in [2.24, 2.45) is 0 Å². The molecule has 1 aromatic carbocycles. The molecule has 1 aromatic rings. The Morgan fingerprint density at radius 2 is 1.86 bits per heavy atom. The molecule has 1 rings (SSSR count). The highest BCUT2D eigenvalue weighted by molar-refractivity contribution is 5.77. The number of alkyl carbamates (subject to hydrolysis) is 1. The summed E-state index contributed by atoms with van der Waals surface area (Å²) >= 11 is 0. The van der Waals surface area contributed by atoms with Crippen LogP contribution in [0.15, 0.2) is 24.3 Å². The van der Waals surface area contributed by atoms with Crippen molar-refractivity contribution >= 4 is 12.0 Å². The third kappa shape index (κ3) is 6.22. The summed E-state index contributed by atoms with van der Waals surface area (Å²) in [7, 11) is 0. The molecule has 0 aliphatic carbocycles. The molecule has 0 saturated heterocycles. The van der Waals surface area contributed by atoms with Gasteiger partial charge in [-0.3, -0.25) is 10.0 Å². The molecule has 2 amide bonds. The average molecular weight is 298 g/mol. The number of carbonyl (C=O) groups is 2. The quantitative estimate of drug-likeness (QED) is 0.588. The van der Waals surface area contributed by atoms with E-state index in [-0.39, 0.29) is 6.42 Å². The van der Waals surface area contributed by atoms with Gasteiger partial charge in [0.1, 0.15) is 11.4 Å². The largest absolute Gasteiger partial charge is 0.444 e. The first-order chi connectivity index (χ1) is 9.71. The summed E-state index contributed by atoms with van der Waals surface area (Å²) in [6, 6.07) is 4.59. The van der Waals surface area contributed by atoms with Crippen molar-refractivity contribution in [3.05, 3.63) is 35.6 Å². The second-order valence-electron chi connectivity index (χ2n) is 5.49. The van der Waals surface area contributed by atoms with Crippen molar-refractivity contribution in [3.63, 3.8) is 0 Å². The van der Waals surface area contributed by atoms with Gasteiger partial charge in [-0.05, 0) is 38.5 Å². The first-order valence-corrected chi connectivity index (χ1v) is 6.39. The predicted molar refractivity (Wildman–Crippen MR) is 73.1 cm³/mol. The predicted octanol–water partition coefficient (Wildman–Crippen LogP) is 2.29. The summed E-state index contributed by atoms with van der Waals surface area (Å²) in [5.74, 6) is -1.11. The molecule has 7 heteroatoms. The highest BCUT2D eigenvalue weighted by Gasteiger charge is 2.22. The van der Waals surface area contributed by atoms with E-state index in [1.807, 2.05) is 0 Å². The Hall–Kier alpha value is -2.15. The fourth-order valence-electron chi connectivity index (χ4n) is 1.63. The normalized spacial score (nSPS) is 12.4. The van der Waals surface area contributed by atoms with Gasteiger partial charge in [-0.1, -0.05) is 12.1 Å². The lowest BCUT2D eigenvalue weighted by Crippen LogP contribution is -2.37. The van der Waals surface area contributed by atoms with E-state index < -0.39 is 29.5 Å². The molecule has 0 fully saturated rings. The van der Waals surface area contributed by atoms with Crippen LogP contribution in [0, 0.1) is 5.82 Å². The van der Waals surface area contributed by atoms with Gasteiger partial charge in [0.05, 0.1) is 12.5 Å². The Morgan fingerprint density at radius 1 is 1.29 bits per heavy atom. The van der Waals surface area contributed by atoms with Crippen molar-refractivity contribution in [2.45, 2.75) is 38.8 Å². The third-order valence-corrected chi connectivity index (χ3v) is 2.48. The van der Waals surface area contributed by atoms with Crippen LogP contribution in [0.1, 0.15) is 38.8 Å². The Bertz CT molecular complexity index is 497. The van der Waals surface area contributed by atoms with Crippen LogP contribution in [0.4, 0.5) is 9.18 Å². The molecule has 3 N–H and O–H groups in total. The van der Waals surface area contributed by atoms with E-state index in [0.29, 0.717) is 5.56 Å². The van der Waals surface area contributed by atoms with Crippen molar-refractivity contribution < 1.29 is 23.9 Å². The molecule has 0 aliphatic heterocycles. The fraction of sp³-hybridized carbons (Fsp3) is 0.429. The molecule has 1 atom stereocenters. The SMILES string of the molecule is CC(C)(C)OC(=O)NC(CC(=O)NO)c1ccc(F)cc1. The summed E-state index contributed by atoms with van der Waals surface area (Å²) in [6.07, 6.45) is -0.913. The number of ether oxygens (including phenoxy) is 1. The summed E-state index contributed by atoms with van der Waals surface area (Å²) in [5, 5.41) is 11.1. The van der Waals surface area contributed by atoms with Crippen LogP contribution in [0.3, 0.4) is 0 Å². The molecule has 1 unspecified atom stereocenters. The number of rotatable bonds is 4. The molecule has 21 heavy (non-hydrogen) atoms. The highest BCUT2D eigenvalue weighted by Crippen LogP contribution is 2.18. The number of carbonyl (C=O) groups excluding carboxylic acids is 2. The molecule has 0 radical (unpaired) electrons. The maximum absolute atomic E-state index is 12.9. The minimum Gasteiger partial charge on any atom is -0.444 e. The van der Waals surface area contributed by atoms with E-state index in [2.05, 4.69) is 5.32 Å². The number of nitrogens with one attached hydrogen (secondary N) is 2. The van der Waals surface area contributed by atoms with Crippen LogP contribution >= 0.6 is 0 Å². The molecular formula is C14H19FN2O4. The van der Waals surface area contributed by atoms with Gasteiger partial charge in [-0.2, -0.15) is 0 Å². The smallest absolute Gasteiger partial charge is 0.408 e. The number of hydrogen-bond acceptors (Lipinski definition) is 4. The molecule has 0 bridgehead atoms. The zero-order chi connectivity index (χ0) is 16.0. The standard InChI is InChI=1S/C14H19FN2O4/c1-14(2,3)21-13(19)16-11(8-12(18)17-20)9-4-6-10(15)7-5-9/h4-7,11,20H,8H2,1-3H3,(H,16,19)(H,17,18). The van der Waals surface area contributed by atoms with E-state index in [1.54, 1.807) is 20.8 Å². The molecule has 0 aromatic heterocycles. The van der Waals surface area contributed by atoms with E-state index in [0.717, 1.165) is 0 Å². The molecule has 0 aliphatic rings. The van der Waals surface area contributed by atoms with Crippen LogP contribution in [-0.2, 0) is 9.53 Å². The lowest BCUT2D eigenvalue weighted by Gasteiger charge is -2.23. The molecule has 0 spiro atoms. The first-order valence-electron chi connectivity index (χ1n) is 6.39. The summed E-state index contributed by atoms with van der Waals surface area (Å²) < 4.78 is 18.0. The van der Waals surface area contributed by atoms with Crippen molar-refractivity contribution in [1.82, 2.24) is 10.8 Å². The van der Waals surface area contributed by atoms with Crippen molar-refractivity contribution in [1.29, 1.82) is 0 Å². The highest BCUT2D eigenvalue weighted by atomic mass is 19.1. The van der Waals surface area contributed by atoms with Gasteiger partial charge >= 0.3 is 6.09 Å². The molecule has 6 nitrogen and oxygen atoms in total. The van der Waals surface area contributed by atoms with Gasteiger partial charge in [0.25, 0.3) is 0 Å². The topological polar surface area (TPSA) is 87.7 Å². The number of hydrogen-bond donors (Lipinski definition) is 3. The minimum atomic E-state index is -0.743. The number of amides is 2. The molecule has 116 valence electrons. The maximum atomic E-state index is 12.9. The van der Waals surface area contributed by atoms with Crippen LogP contribution < -0.4 is 10.8 Å². The zero-order valence-electron chi connectivity index (χ0n) is 12.1. The van der Waals surface area contributed by atoms with Crippen molar-refractivity contribution in [3.8, 4) is 0 Å². The Balaban J connectivity index is 2.84. The number of hydroxylamine groups is 1. The van der Waals surface area contributed by atoms with Crippen LogP contribution in [0.25, 0.3) is 0 Å². The Labute approximate surface area is 122 Å². The monoisotopic (exact) mass is 298 g/mol. The van der Waals surface area contributed by atoms with Gasteiger partial charge in [-0.15, -0.1) is 0 Å². The second kappa shape index (κ2) is 7.03. The van der Waals surface area contributed by atoms with E-state index in [4.69, 9.17) is 9.94 Å². The summed E-state index contributed by atoms with van der Waals surface area (Å²) in [5.41, 5.74) is 1.33. The third-order valence-electron chi connectivity index (χ3n) is 2.48. The van der Waals surface area contributed by atoms with Gasteiger partial charge < -0.3 is 10.1 Å². The van der Waals surface area contributed by atoms with Crippen LogP contribution in [-0.4, -0.2) is 22.8 Å². The number of benzene rings is 1. The number of halogens is 1.